The van der Waals surface area contributed by atoms with Gasteiger partial charge in [-0.1, -0.05) is 18.2 Å². The fraction of sp³-hybridized carbons (Fsp3) is 0.353. The topological polar surface area (TPSA) is 67.2 Å². The molecule has 0 spiro atoms. The zero-order valence-corrected chi connectivity index (χ0v) is 13.3. The number of benzene rings is 1. The number of aromatic nitrogens is 2. The molecule has 1 aromatic heterocycles. The zero-order chi connectivity index (χ0) is 16.4. The maximum absolute atomic E-state index is 12.2. The first kappa shape index (κ1) is 15.3. The molecule has 0 saturated carbocycles. The predicted octanol–water partition coefficient (Wildman–Crippen LogP) is 1.32. The van der Waals surface area contributed by atoms with E-state index >= 15 is 0 Å². The van der Waals surface area contributed by atoms with Crippen molar-refractivity contribution in [2.24, 2.45) is 7.05 Å². The molecule has 2 aromatic rings. The van der Waals surface area contributed by atoms with Crippen LogP contribution in [-0.4, -0.2) is 39.6 Å². The van der Waals surface area contributed by atoms with Crippen molar-refractivity contribution in [3.8, 4) is 11.1 Å². The molecule has 6 nitrogen and oxygen atoms in total. The van der Waals surface area contributed by atoms with Crippen LogP contribution in [0.3, 0.4) is 0 Å². The first-order chi connectivity index (χ1) is 11.0. The molecule has 3 rings (SSSR count). The predicted molar refractivity (Wildman–Crippen MR) is 86.3 cm³/mol. The summed E-state index contributed by atoms with van der Waals surface area (Å²) in [6.07, 6.45) is 4.82. The van der Waals surface area contributed by atoms with Crippen LogP contribution < -0.4 is 5.32 Å². The Bertz CT molecular complexity index is 738. The number of carbonyl (C=O) groups excluding carboxylic acids is 2. The number of hydrogen-bond acceptors (Lipinski definition) is 3. The Hall–Kier alpha value is -2.63. The smallest absolute Gasteiger partial charge is 0.243 e. The quantitative estimate of drug-likeness (QED) is 0.926. The lowest BCUT2D eigenvalue weighted by molar-refractivity contribution is -0.133. The minimum atomic E-state index is -0.344. The van der Waals surface area contributed by atoms with Crippen molar-refractivity contribution >= 4 is 11.8 Å². The van der Waals surface area contributed by atoms with E-state index in [0.29, 0.717) is 19.4 Å². The van der Waals surface area contributed by atoms with Gasteiger partial charge in [-0.05, 0) is 23.6 Å². The van der Waals surface area contributed by atoms with Gasteiger partial charge >= 0.3 is 0 Å². The highest BCUT2D eigenvalue weighted by Crippen LogP contribution is 2.20. The van der Waals surface area contributed by atoms with Crippen LogP contribution in [0.5, 0.6) is 0 Å². The fourth-order valence-electron chi connectivity index (χ4n) is 2.85. The maximum atomic E-state index is 12.2. The number of amides is 2. The Morgan fingerprint density at radius 3 is 2.83 bits per heavy atom. The summed E-state index contributed by atoms with van der Waals surface area (Å²) in [5, 5.41) is 7.10. The minimum absolute atomic E-state index is 0.0312. The zero-order valence-electron chi connectivity index (χ0n) is 13.3. The van der Waals surface area contributed by atoms with Gasteiger partial charge < -0.3 is 10.2 Å². The molecule has 6 heteroatoms. The third kappa shape index (κ3) is 3.26. The van der Waals surface area contributed by atoms with E-state index in [1.54, 1.807) is 11.7 Å². The second kappa shape index (κ2) is 6.24. The molecule has 2 heterocycles. The van der Waals surface area contributed by atoms with Crippen LogP contribution in [0.2, 0.25) is 0 Å². The highest BCUT2D eigenvalue weighted by molar-refractivity contribution is 5.90. The van der Waals surface area contributed by atoms with E-state index in [1.807, 2.05) is 43.7 Å². The van der Waals surface area contributed by atoms with Crippen LogP contribution in [0.4, 0.5) is 0 Å². The molecular formula is C17H20N4O2. The van der Waals surface area contributed by atoms with Crippen molar-refractivity contribution in [1.29, 1.82) is 0 Å². The molecule has 1 aliphatic rings. The SMILES string of the molecule is CN1C(=O)CCC1C(=O)NCc1cccc(-c2cnn(C)c2)c1. The third-order valence-electron chi connectivity index (χ3n) is 4.23. The molecule has 1 unspecified atom stereocenters. The highest BCUT2D eigenvalue weighted by Gasteiger charge is 2.32. The molecule has 1 aromatic carbocycles. The second-order valence-electron chi connectivity index (χ2n) is 5.88. The Labute approximate surface area is 135 Å². The molecule has 0 bridgehead atoms. The summed E-state index contributed by atoms with van der Waals surface area (Å²) in [7, 11) is 3.57. The molecule has 1 fully saturated rings. The number of aryl methyl sites for hydroxylation is 1. The fourth-order valence-corrected chi connectivity index (χ4v) is 2.85. The summed E-state index contributed by atoms with van der Waals surface area (Å²) in [5.74, 6) is -0.0612. The molecular weight excluding hydrogens is 292 g/mol. The largest absolute Gasteiger partial charge is 0.350 e. The molecule has 1 N–H and O–H groups in total. The highest BCUT2D eigenvalue weighted by atomic mass is 16.2. The van der Waals surface area contributed by atoms with Crippen LogP contribution in [0.15, 0.2) is 36.7 Å². The van der Waals surface area contributed by atoms with Crippen LogP contribution in [0.25, 0.3) is 11.1 Å². The average Bonchev–Trinajstić information content (AvgIpc) is 3.12. The Balaban J connectivity index is 1.65. The Morgan fingerprint density at radius 2 is 2.17 bits per heavy atom. The second-order valence-corrected chi connectivity index (χ2v) is 5.88. The van der Waals surface area contributed by atoms with Gasteiger partial charge in [0.05, 0.1) is 6.20 Å². The molecule has 120 valence electrons. The lowest BCUT2D eigenvalue weighted by Gasteiger charge is -2.19. The lowest BCUT2D eigenvalue weighted by Crippen LogP contribution is -2.42. The number of carbonyl (C=O) groups is 2. The average molecular weight is 312 g/mol. The molecule has 1 atom stereocenters. The third-order valence-corrected chi connectivity index (χ3v) is 4.23. The van der Waals surface area contributed by atoms with Gasteiger partial charge in [0.1, 0.15) is 6.04 Å². The van der Waals surface area contributed by atoms with Gasteiger partial charge in [0.25, 0.3) is 0 Å². The van der Waals surface area contributed by atoms with Gasteiger partial charge in [0, 0.05) is 38.8 Å². The van der Waals surface area contributed by atoms with E-state index in [-0.39, 0.29) is 17.9 Å². The van der Waals surface area contributed by atoms with Gasteiger partial charge in [-0.3, -0.25) is 14.3 Å². The molecule has 1 saturated heterocycles. The van der Waals surface area contributed by atoms with Gasteiger partial charge in [-0.2, -0.15) is 5.10 Å². The molecule has 0 radical (unpaired) electrons. The van der Waals surface area contributed by atoms with Crippen LogP contribution in [-0.2, 0) is 23.2 Å². The van der Waals surface area contributed by atoms with E-state index in [9.17, 15) is 9.59 Å². The van der Waals surface area contributed by atoms with E-state index < -0.39 is 0 Å². The first-order valence-corrected chi connectivity index (χ1v) is 7.66. The molecule has 1 aliphatic heterocycles. The van der Waals surface area contributed by atoms with E-state index in [1.165, 1.54) is 4.90 Å². The monoisotopic (exact) mass is 312 g/mol. The van der Waals surface area contributed by atoms with Gasteiger partial charge in [0.15, 0.2) is 0 Å². The van der Waals surface area contributed by atoms with Gasteiger partial charge in [-0.15, -0.1) is 0 Å². The van der Waals surface area contributed by atoms with Gasteiger partial charge in [0.2, 0.25) is 11.8 Å². The van der Waals surface area contributed by atoms with E-state index in [2.05, 4.69) is 10.4 Å². The summed E-state index contributed by atoms with van der Waals surface area (Å²) in [6.45, 7) is 0.450. The molecule has 23 heavy (non-hydrogen) atoms. The lowest BCUT2D eigenvalue weighted by atomic mass is 10.1. The van der Waals surface area contributed by atoms with Crippen LogP contribution in [0, 0.1) is 0 Å². The summed E-state index contributed by atoms with van der Waals surface area (Å²) in [4.78, 5) is 25.2. The summed E-state index contributed by atoms with van der Waals surface area (Å²) < 4.78 is 1.76. The Kier molecular flexibility index (Phi) is 4.14. The molecule has 0 aliphatic carbocycles. The standard InChI is InChI=1S/C17H20N4O2/c1-20-11-14(10-19-20)13-5-3-4-12(8-13)9-18-17(23)15-6-7-16(22)21(15)2/h3-5,8,10-11,15H,6-7,9H2,1-2H3,(H,18,23). The number of rotatable bonds is 4. The summed E-state index contributed by atoms with van der Waals surface area (Å²) in [5.41, 5.74) is 3.13. The van der Waals surface area contributed by atoms with Crippen molar-refractivity contribution in [2.75, 3.05) is 7.05 Å². The minimum Gasteiger partial charge on any atom is -0.350 e. The number of likely N-dealkylation sites (tertiary alicyclic amines) is 1. The maximum Gasteiger partial charge on any atom is 0.243 e. The van der Waals surface area contributed by atoms with E-state index in [0.717, 1.165) is 16.7 Å². The van der Waals surface area contributed by atoms with Crippen molar-refractivity contribution in [1.82, 2.24) is 20.0 Å². The normalized spacial score (nSPS) is 17.6. The first-order valence-electron chi connectivity index (χ1n) is 7.66. The van der Waals surface area contributed by atoms with E-state index in [4.69, 9.17) is 0 Å². The van der Waals surface area contributed by atoms with Crippen molar-refractivity contribution in [3.05, 3.63) is 42.2 Å². The van der Waals surface area contributed by atoms with Crippen molar-refractivity contribution in [3.63, 3.8) is 0 Å². The molecule has 2 amide bonds. The van der Waals surface area contributed by atoms with Crippen molar-refractivity contribution < 1.29 is 9.59 Å². The number of nitrogens with one attached hydrogen (secondary N) is 1. The van der Waals surface area contributed by atoms with Crippen LogP contribution >= 0.6 is 0 Å². The van der Waals surface area contributed by atoms with Crippen molar-refractivity contribution in [2.45, 2.75) is 25.4 Å². The summed E-state index contributed by atoms with van der Waals surface area (Å²) >= 11 is 0. The number of hydrogen-bond donors (Lipinski definition) is 1. The summed E-state index contributed by atoms with van der Waals surface area (Å²) in [6, 6.07) is 7.66. The van der Waals surface area contributed by atoms with Gasteiger partial charge in [-0.25, -0.2) is 0 Å². The Morgan fingerprint density at radius 1 is 1.35 bits per heavy atom. The number of likely N-dealkylation sites (N-methyl/N-ethyl adjacent to an activating group) is 1. The number of nitrogens with zero attached hydrogens (tertiary/aromatic N) is 3. The van der Waals surface area contributed by atoms with Crippen LogP contribution in [0.1, 0.15) is 18.4 Å².